The zero-order valence-electron chi connectivity index (χ0n) is 13.9. The SMILES string of the molecule is CCNC(=NCC1CCCC1O)NCCN1CCCCC1.I. The van der Waals surface area contributed by atoms with Gasteiger partial charge >= 0.3 is 0 Å². The molecule has 0 aromatic rings. The number of nitrogens with one attached hydrogen (secondary N) is 2. The van der Waals surface area contributed by atoms with Crippen LogP contribution in [0.5, 0.6) is 0 Å². The summed E-state index contributed by atoms with van der Waals surface area (Å²) in [5.74, 6) is 1.25. The van der Waals surface area contributed by atoms with Gasteiger partial charge < -0.3 is 20.6 Å². The third-order valence-corrected chi connectivity index (χ3v) is 4.62. The number of aliphatic hydroxyl groups excluding tert-OH is 1. The average molecular weight is 424 g/mol. The molecule has 0 aromatic heterocycles. The summed E-state index contributed by atoms with van der Waals surface area (Å²) in [4.78, 5) is 7.17. The zero-order valence-corrected chi connectivity index (χ0v) is 16.2. The van der Waals surface area contributed by atoms with Crippen molar-refractivity contribution in [2.24, 2.45) is 10.9 Å². The fourth-order valence-corrected chi connectivity index (χ4v) is 3.30. The number of rotatable bonds is 6. The molecule has 1 saturated heterocycles. The topological polar surface area (TPSA) is 59.9 Å². The van der Waals surface area contributed by atoms with Gasteiger partial charge in [-0.1, -0.05) is 12.8 Å². The van der Waals surface area contributed by atoms with Crippen molar-refractivity contribution in [2.45, 2.75) is 51.6 Å². The molecule has 0 bridgehead atoms. The third kappa shape index (κ3) is 7.00. The summed E-state index contributed by atoms with van der Waals surface area (Å²) in [6.07, 6.45) is 7.11. The lowest BCUT2D eigenvalue weighted by Gasteiger charge is -2.26. The largest absolute Gasteiger partial charge is 0.393 e. The van der Waals surface area contributed by atoms with Crippen LogP contribution in [0.1, 0.15) is 45.4 Å². The first-order valence-corrected chi connectivity index (χ1v) is 8.72. The Bertz CT molecular complexity index is 321. The average Bonchev–Trinajstić information content (AvgIpc) is 2.91. The van der Waals surface area contributed by atoms with Gasteiger partial charge in [0.25, 0.3) is 0 Å². The number of likely N-dealkylation sites (tertiary alicyclic amines) is 1. The van der Waals surface area contributed by atoms with Gasteiger partial charge in [-0.05, 0) is 45.7 Å². The second-order valence-electron chi connectivity index (χ2n) is 6.31. The maximum atomic E-state index is 9.86. The first-order valence-electron chi connectivity index (χ1n) is 8.72. The Kier molecular flexibility index (Phi) is 10.4. The van der Waals surface area contributed by atoms with E-state index in [9.17, 15) is 5.11 Å². The lowest BCUT2D eigenvalue weighted by Crippen LogP contribution is -2.43. The minimum absolute atomic E-state index is 0. The summed E-state index contributed by atoms with van der Waals surface area (Å²) in [5, 5.41) is 16.6. The molecular formula is C16H33IN4O. The Morgan fingerprint density at radius 3 is 2.55 bits per heavy atom. The van der Waals surface area contributed by atoms with E-state index in [1.165, 1.54) is 32.4 Å². The van der Waals surface area contributed by atoms with Crippen molar-refractivity contribution in [1.29, 1.82) is 0 Å². The molecule has 0 aromatic carbocycles. The van der Waals surface area contributed by atoms with Gasteiger partial charge in [0, 0.05) is 32.1 Å². The summed E-state index contributed by atoms with van der Waals surface area (Å²) in [5.41, 5.74) is 0. The van der Waals surface area contributed by atoms with Crippen LogP contribution in [0.25, 0.3) is 0 Å². The molecule has 3 N–H and O–H groups in total. The summed E-state index contributed by atoms with van der Waals surface area (Å²) in [6, 6.07) is 0. The van der Waals surface area contributed by atoms with Gasteiger partial charge in [-0.15, -0.1) is 24.0 Å². The van der Waals surface area contributed by atoms with E-state index >= 15 is 0 Å². The molecule has 2 rings (SSSR count). The fraction of sp³-hybridized carbons (Fsp3) is 0.938. The molecule has 2 unspecified atom stereocenters. The predicted molar refractivity (Wildman–Crippen MR) is 103 cm³/mol. The molecule has 6 heteroatoms. The van der Waals surface area contributed by atoms with E-state index < -0.39 is 0 Å². The molecule has 1 aliphatic heterocycles. The second kappa shape index (κ2) is 11.5. The standard InChI is InChI=1S/C16H32N4O.HI/c1-2-17-16(19-13-14-7-6-8-15(14)21)18-9-12-20-10-4-3-5-11-20;/h14-15,21H,2-13H2,1H3,(H2,17,18,19);1H. The summed E-state index contributed by atoms with van der Waals surface area (Å²) < 4.78 is 0. The molecule has 0 radical (unpaired) electrons. The number of halogens is 1. The quantitative estimate of drug-likeness (QED) is 0.346. The Hall–Kier alpha value is -0.0800. The second-order valence-corrected chi connectivity index (χ2v) is 6.31. The van der Waals surface area contributed by atoms with E-state index in [2.05, 4.69) is 27.4 Å². The minimum Gasteiger partial charge on any atom is -0.393 e. The van der Waals surface area contributed by atoms with Crippen molar-refractivity contribution in [3.05, 3.63) is 0 Å². The highest BCUT2D eigenvalue weighted by atomic mass is 127. The first kappa shape index (κ1) is 20.0. The Balaban J connectivity index is 0.00000242. The van der Waals surface area contributed by atoms with Crippen LogP contribution in [-0.2, 0) is 0 Å². The molecule has 2 aliphatic rings. The van der Waals surface area contributed by atoms with Crippen molar-refractivity contribution < 1.29 is 5.11 Å². The van der Waals surface area contributed by atoms with Crippen LogP contribution in [0.4, 0.5) is 0 Å². The third-order valence-electron chi connectivity index (χ3n) is 4.62. The van der Waals surface area contributed by atoms with Gasteiger partial charge in [-0.2, -0.15) is 0 Å². The van der Waals surface area contributed by atoms with Crippen molar-refractivity contribution in [1.82, 2.24) is 15.5 Å². The van der Waals surface area contributed by atoms with Gasteiger partial charge in [0.1, 0.15) is 0 Å². The van der Waals surface area contributed by atoms with Gasteiger partial charge in [-0.3, -0.25) is 4.99 Å². The monoisotopic (exact) mass is 424 g/mol. The highest BCUT2D eigenvalue weighted by Gasteiger charge is 2.24. The molecule has 1 heterocycles. The Labute approximate surface area is 152 Å². The minimum atomic E-state index is -0.148. The summed E-state index contributed by atoms with van der Waals surface area (Å²) in [7, 11) is 0. The Morgan fingerprint density at radius 1 is 1.14 bits per heavy atom. The number of hydrogen-bond acceptors (Lipinski definition) is 3. The molecular weight excluding hydrogens is 391 g/mol. The van der Waals surface area contributed by atoms with Crippen LogP contribution in [0, 0.1) is 5.92 Å². The molecule has 0 spiro atoms. The summed E-state index contributed by atoms with van der Waals surface area (Å²) in [6.45, 7) is 8.22. The lowest BCUT2D eigenvalue weighted by molar-refractivity contribution is 0.136. The van der Waals surface area contributed by atoms with E-state index in [1.807, 2.05) is 0 Å². The Morgan fingerprint density at radius 2 is 1.91 bits per heavy atom. The number of hydrogen-bond donors (Lipinski definition) is 3. The number of guanidine groups is 1. The maximum absolute atomic E-state index is 9.86. The van der Waals surface area contributed by atoms with Gasteiger partial charge in [0.2, 0.25) is 0 Å². The molecule has 22 heavy (non-hydrogen) atoms. The van der Waals surface area contributed by atoms with Gasteiger partial charge in [-0.25, -0.2) is 0 Å². The maximum Gasteiger partial charge on any atom is 0.191 e. The summed E-state index contributed by atoms with van der Waals surface area (Å²) >= 11 is 0. The predicted octanol–water partition coefficient (Wildman–Crippen LogP) is 1.81. The normalized spacial score (nSPS) is 26.5. The molecule has 2 atom stereocenters. The van der Waals surface area contributed by atoms with Crippen LogP contribution in [0.15, 0.2) is 4.99 Å². The van der Waals surface area contributed by atoms with Crippen LogP contribution >= 0.6 is 24.0 Å². The van der Waals surface area contributed by atoms with Crippen molar-refractivity contribution in [3.63, 3.8) is 0 Å². The molecule has 1 saturated carbocycles. The van der Waals surface area contributed by atoms with Gasteiger partial charge in [0.15, 0.2) is 5.96 Å². The van der Waals surface area contributed by atoms with E-state index in [-0.39, 0.29) is 30.1 Å². The van der Waals surface area contributed by atoms with Crippen molar-refractivity contribution in [2.75, 3.05) is 39.3 Å². The number of aliphatic imine (C=N–C) groups is 1. The molecule has 1 aliphatic carbocycles. The highest BCUT2D eigenvalue weighted by molar-refractivity contribution is 14.0. The highest BCUT2D eigenvalue weighted by Crippen LogP contribution is 2.25. The van der Waals surface area contributed by atoms with Crippen LogP contribution in [-0.4, -0.2) is 61.3 Å². The number of piperidine rings is 1. The van der Waals surface area contributed by atoms with Crippen LogP contribution in [0.3, 0.4) is 0 Å². The van der Waals surface area contributed by atoms with Gasteiger partial charge in [0.05, 0.1) is 6.10 Å². The van der Waals surface area contributed by atoms with Crippen LogP contribution < -0.4 is 10.6 Å². The zero-order chi connectivity index (χ0) is 14.9. The fourth-order valence-electron chi connectivity index (χ4n) is 3.30. The number of aliphatic hydroxyl groups is 1. The van der Waals surface area contributed by atoms with E-state index in [1.54, 1.807) is 0 Å². The van der Waals surface area contributed by atoms with Crippen molar-refractivity contribution >= 4 is 29.9 Å². The molecule has 130 valence electrons. The van der Waals surface area contributed by atoms with E-state index in [4.69, 9.17) is 0 Å². The van der Waals surface area contributed by atoms with E-state index in [0.29, 0.717) is 5.92 Å². The van der Waals surface area contributed by atoms with Crippen LogP contribution in [0.2, 0.25) is 0 Å². The lowest BCUT2D eigenvalue weighted by atomic mass is 10.1. The molecule has 5 nitrogen and oxygen atoms in total. The molecule has 0 amide bonds. The van der Waals surface area contributed by atoms with E-state index in [0.717, 1.165) is 51.4 Å². The smallest absolute Gasteiger partial charge is 0.191 e. The first-order chi connectivity index (χ1) is 10.3. The molecule has 2 fully saturated rings. The van der Waals surface area contributed by atoms with Crippen molar-refractivity contribution in [3.8, 4) is 0 Å². The number of nitrogens with zero attached hydrogens (tertiary/aromatic N) is 2.